The summed E-state index contributed by atoms with van der Waals surface area (Å²) >= 11 is 0. The number of hydrogen-bond acceptors (Lipinski definition) is 3. The van der Waals surface area contributed by atoms with E-state index in [9.17, 15) is 0 Å². The molecule has 4 aliphatic rings. The Labute approximate surface area is 761 Å². The fourth-order valence-electron chi connectivity index (χ4n) is 21.9. The summed E-state index contributed by atoms with van der Waals surface area (Å²) in [5, 5.41) is 4.90. The molecule has 0 fully saturated rings. The highest BCUT2D eigenvalue weighted by atomic mass is 15.2. The van der Waals surface area contributed by atoms with Crippen LogP contribution in [0.5, 0.6) is 0 Å². The Morgan fingerprint density at radius 1 is 0.240 bits per heavy atom. The molecule has 3 nitrogen and oxygen atoms in total. The minimum Gasteiger partial charge on any atom is -0.310 e. The molecule has 18 aromatic carbocycles. The Hall–Kier alpha value is -14.6. The molecule has 0 aliphatic heterocycles. The van der Waals surface area contributed by atoms with Crippen LogP contribution in [-0.2, 0) is 40.9 Å². The van der Waals surface area contributed by atoms with Gasteiger partial charge in [-0.15, -0.1) is 0 Å². The van der Waals surface area contributed by atoms with Gasteiger partial charge in [0, 0.05) is 72.8 Å². The van der Waals surface area contributed by atoms with Crippen molar-refractivity contribution in [3.05, 3.63) is 494 Å². The Kier molecular flexibility index (Phi) is 19.9. The lowest BCUT2D eigenvalue weighted by Crippen LogP contribution is -2.17. The lowest BCUT2D eigenvalue weighted by atomic mass is 9.80. The molecule has 4 aliphatic carbocycles. The second-order valence-corrected chi connectivity index (χ2v) is 38.5. The first-order chi connectivity index (χ1) is 62.8. The second-order valence-electron chi connectivity index (χ2n) is 38.5. The molecule has 3 heteroatoms. The molecule has 0 radical (unpaired) electrons. The van der Waals surface area contributed by atoms with Gasteiger partial charge in [-0.05, 0) is 314 Å². The summed E-state index contributed by atoms with van der Waals surface area (Å²) in [6.45, 7) is 21.4. The third-order valence-electron chi connectivity index (χ3n) is 29.0. The molecule has 624 valence electrons. The molecule has 1 unspecified atom stereocenters. The van der Waals surface area contributed by atoms with E-state index in [2.05, 4.69) is 496 Å². The maximum absolute atomic E-state index is 2.52. The molecule has 0 N–H and O–H groups in total. The monoisotopic (exact) mass is 1660 g/mol. The largest absolute Gasteiger partial charge is 0.310 e. The first-order valence-corrected chi connectivity index (χ1v) is 46.1. The lowest BCUT2D eigenvalue weighted by molar-refractivity contribution is 0.618. The molecule has 22 rings (SSSR count). The van der Waals surface area contributed by atoms with Crippen LogP contribution in [0.2, 0.25) is 0 Å². The summed E-state index contributed by atoms with van der Waals surface area (Å²) < 4.78 is 0. The lowest BCUT2D eigenvalue weighted by Gasteiger charge is -2.29. The van der Waals surface area contributed by atoms with E-state index < -0.39 is 0 Å². The van der Waals surface area contributed by atoms with Gasteiger partial charge in [0.05, 0.1) is 0 Å². The van der Waals surface area contributed by atoms with Gasteiger partial charge in [0.2, 0.25) is 0 Å². The van der Waals surface area contributed by atoms with Gasteiger partial charge in [-0.1, -0.05) is 365 Å². The summed E-state index contributed by atoms with van der Waals surface area (Å²) in [4.78, 5) is 7.28. The predicted octanol–water partition coefficient (Wildman–Crippen LogP) is 33.8. The smallest absolute Gasteiger partial charge is 0.0468 e. The van der Waals surface area contributed by atoms with Crippen molar-refractivity contribution in [3.8, 4) is 44.5 Å². The van der Waals surface area contributed by atoms with Crippen molar-refractivity contribution in [2.75, 3.05) is 14.7 Å². The van der Waals surface area contributed by atoms with Gasteiger partial charge in [-0.3, -0.25) is 0 Å². The Morgan fingerprint density at radius 3 is 1.06 bits per heavy atom. The van der Waals surface area contributed by atoms with E-state index in [4.69, 9.17) is 0 Å². The maximum atomic E-state index is 2.52. The van der Waals surface area contributed by atoms with E-state index in [1.165, 1.54) is 166 Å². The normalized spacial score (nSPS) is 14.4. The van der Waals surface area contributed by atoms with Crippen molar-refractivity contribution in [1.82, 2.24) is 0 Å². The molecule has 0 bridgehead atoms. The quantitative estimate of drug-likeness (QED) is 0.0664. The standard InChI is InChI=1S/C126H105N3/c1-83-26-24-39-100(70-83)129(105-60-69-114-111-64-50-89(76-119(111)126(8,9)122(114)82-105)43-42-88-48-62-109-112-67-58-103(80-120(112)124(4,5)117(109)74-88)127(97-35-18-12-19-36-97)98-37-20-13-21-38-98)102-57-66-106-95(33-25-34-96(106)79-102)72-85-45-54-99(55-46-85)128(101-56-53-92-31-22-23-32-93(92)78-101)104-59-68-113-110-63-49-87(75-118(110)125(6,7)121(113)81-104)41-40-86-47-61-107-108-65-51-90(77-116(108)123(2,3)115(107)73-86)44-52-94(91-29-16-11-17-30-91)71-84-27-14-10-15-28-84/h10-43,45-51,53-70,73-82,94H,44,52,71-72H2,1-9H3. The van der Waals surface area contributed by atoms with Crippen LogP contribution in [0.3, 0.4) is 0 Å². The molecule has 0 saturated heterocycles. The first-order valence-electron chi connectivity index (χ1n) is 46.1. The highest BCUT2D eigenvalue weighted by Gasteiger charge is 2.41. The van der Waals surface area contributed by atoms with E-state index in [0.29, 0.717) is 5.92 Å². The van der Waals surface area contributed by atoms with Gasteiger partial charge in [-0.2, -0.15) is 0 Å². The van der Waals surface area contributed by atoms with Crippen molar-refractivity contribution < 1.29 is 0 Å². The van der Waals surface area contributed by atoms with E-state index in [1.807, 2.05) is 0 Å². The van der Waals surface area contributed by atoms with Crippen LogP contribution in [0, 0.1) is 6.92 Å². The van der Waals surface area contributed by atoms with Crippen molar-refractivity contribution in [3.63, 3.8) is 0 Å². The van der Waals surface area contributed by atoms with Crippen LogP contribution in [0.1, 0.15) is 168 Å². The summed E-state index contributed by atoms with van der Waals surface area (Å²) in [5.41, 5.74) is 43.6. The zero-order valence-corrected chi connectivity index (χ0v) is 75.1. The molecule has 1 atom stereocenters. The van der Waals surface area contributed by atoms with Gasteiger partial charge in [0.15, 0.2) is 0 Å². The fraction of sp³-hybridized carbons (Fsp3) is 0.143. The van der Waals surface area contributed by atoms with Crippen molar-refractivity contribution in [1.29, 1.82) is 0 Å². The maximum Gasteiger partial charge on any atom is 0.0468 e. The van der Waals surface area contributed by atoms with Crippen molar-refractivity contribution in [2.45, 2.75) is 116 Å². The van der Waals surface area contributed by atoms with Crippen LogP contribution in [0.25, 0.3) is 90.4 Å². The number of hydrogen-bond donors (Lipinski definition) is 0. The molecular weight excluding hydrogens is 1560 g/mol. The molecular formula is C126H105N3. The number of para-hydroxylation sites is 2. The van der Waals surface area contributed by atoms with Crippen molar-refractivity contribution >= 4 is 97.0 Å². The summed E-state index contributed by atoms with van der Waals surface area (Å²) in [6.07, 6.45) is 13.2. The SMILES string of the molecule is Cc1cccc(N(c2ccc3c(c2)C(C)(C)c2cc(C=Cc4ccc5c(c4)C(C)(C)c4cc(N(c6ccccc6)c6ccccc6)ccc4-5)ccc2-3)c2ccc3c(Cc4ccc(N(c5ccc6c(c5)C(C)(C)c5cc(C=Cc7ccc8c(c7)C(C)(C)c7cc(CCC(Cc9ccccc9)c9ccccc9)ccc7-8)ccc5-6)c5ccc6ccccc6c5)cc4)cccc3c2)c1. The summed E-state index contributed by atoms with van der Waals surface area (Å²) in [5.74, 6) is 0.452. The van der Waals surface area contributed by atoms with Gasteiger partial charge in [0.1, 0.15) is 0 Å². The zero-order valence-electron chi connectivity index (χ0n) is 75.1. The number of fused-ring (bicyclic) bond motifs is 14. The number of rotatable bonds is 21. The number of anilines is 9. The topological polar surface area (TPSA) is 9.72 Å². The van der Waals surface area contributed by atoms with Crippen LogP contribution in [-0.4, -0.2) is 0 Å². The summed E-state index contributed by atoms with van der Waals surface area (Å²) in [6, 6.07) is 148. The summed E-state index contributed by atoms with van der Waals surface area (Å²) in [7, 11) is 0. The van der Waals surface area contributed by atoms with Crippen LogP contribution >= 0.6 is 0 Å². The fourth-order valence-corrected chi connectivity index (χ4v) is 21.9. The Bertz CT molecular complexity index is 7450. The van der Waals surface area contributed by atoms with E-state index >= 15 is 0 Å². The molecule has 0 amide bonds. The van der Waals surface area contributed by atoms with Crippen molar-refractivity contribution in [2.24, 2.45) is 0 Å². The molecule has 18 aromatic rings. The van der Waals surface area contributed by atoms with Gasteiger partial charge in [0.25, 0.3) is 0 Å². The minimum atomic E-state index is -0.256. The Balaban J connectivity index is 0.501. The zero-order chi connectivity index (χ0) is 87.4. The third-order valence-corrected chi connectivity index (χ3v) is 29.0. The molecule has 0 heterocycles. The van der Waals surface area contributed by atoms with Crippen LogP contribution in [0.4, 0.5) is 51.2 Å². The van der Waals surface area contributed by atoms with E-state index in [0.717, 1.165) is 76.9 Å². The van der Waals surface area contributed by atoms with Gasteiger partial charge in [-0.25, -0.2) is 0 Å². The van der Waals surface area contributed by atoms with Crippen LogP contribution < -0.4 is 14.7 Å². The molecule has 0 aromatic heterocycles. The highest BCUT2D eigenvalue weighted by Crippen LogP contribution is 2.57. The van der Waals surface area contributed by atoms with E-state index in [1.54, 1.807) is 0 Å². The highest BCUT2D eigenvalue weighted by molar-refractivity contribution is 5.96. The van der Waals surface area contributed by atoms with Gasteiger partial charge < -0.3 is 14.7 Å². The van der Waals surface area contributed by atoms with Gasteiger partial charge >= 0.3 is 0 Å². The predicted molar refractivity (Wildman–Crippen MR) is 548 cm³/mol. The molecule has 0 saturated carbocycles. The van der Waals surface area contributed by atoms with Crippen LogP contribution in [0.15, 0.2) is 394 Å². The van der Waals surface area contributed by atoms with E-state index in [-0.39, 0.29) is 21.7 Å². The average Bonchev–Trinajstić information content (AvgIpc) is 1.59. The molecule has 129 heavy (non-hydrogen) atoms. The average molecular weight is 1660 g/mol. The third kappa shape index (κ3) is 14.5. The number of benzene rings is 18. The number of aryl methyl sites for hydroxylation is 2. The Morgan fingerprint density at radius 2 is 0.574 bits per heavy atom. The molecule has 0 spiro atoms. The number of nitrogens with zero attached hydrogens (tertiary/aromatic N) is 3. The second kappa shape index (κ2) is 32.0. The first kappa shape index (κ1) is 80.2. The minimum absolute atomic E-state index is 0.124.